The van der Waals surface area contributed by atoms with Gasteiger partial charge < -0.3 is 9.13 Å². The van der Waals surface area contributed by atoms with Crippen LogP contribution >= 0.6 is 0 Å². The van der Waals surface area contributed by atoms with Crippen LogP contribution in [-0.4, -0.2) is 9.13 Å². The molecule has 10 aromatic rings. The molecule has 56 heavy (non-hydrogen) atoms. The molecule has 0 fully saturated rings. The first kappa shape index (κ1) is 33.3. The highest BCUT2D eigenvalue weighted by atomic mass is 19.1. The van der Waals surface area contributed by atoms with Crippen molar-refractivity contribution in [2.24, 2.45) is 0 Å². The summed E-state index contributed by atoms with van der Waals surface area (Å²) in [5.41, 5.74) is 13.0. The zero-order chi connectivity index (χ0) is 38.1. The average molecular weight is 726 g/mol. The van der Waals surface area contributed by atoms with Crippen LogP contribution in [0.3, 0.4) is 0 Å². The molecule has 0 N–H and O–H groups in total. The molecule has 0 amide bonds. The number of nitriles is 1. The summed E-state index contributed by atoms with van der Waals surface area (Å²) in [6, 6.07) is 56.1. The molecule has 0 atom stereocenters. The van der Waals surface area contributed by atoms with Crippen LogP contribution in [0.4, 0.5) is 8.78 Å². The molecule has 5 heteroatoms. The van der Waals surface area contributed by atoms with Gasteiger partial charge in [-0.2, -0.15) is 5.26 Å². The summed E-state index contributed by atoms with van der Waals surface area (Å²) in [6.45, 7) is 4.18. The van der Waals surface area contributed by atoms with Crippen LogP contribution in [0.1, 0.15) is 16.7 Å². The molecular formula is C51H33F2N3. The summed E-state index contributed by atoms with van der Waals surface area (Å²) in [4.78, 5) is 0. The van der Waals surface area contributed by atoms with E-state index in [0.717, 1.165) is 71.9 Å². The van der Waals surface area contributed by atoms with E-state index in [2.05, 4.69) is 138 Å². The topological polar surface area (TPSA) is 33.6 Å². The molecule has 8 aromatic carbocycles. The SMILES string of the molecule is Cc1cccc(-c2ccc3c(c2)c2ccccc2n3-c2cc(-c3cc(F)cc(F)c3)cc(-n3c4ccccc4c4cc(-c5cccc(C)c5)ccc43)c2C#N)c1. The van der Waals surface area contributed by atoms with Crippen LogP contribution in [0, 0.1) is 36.8 Å². The molecule has 0 saturated heterocycles. The standard InChI is InChI=1S/C51H33F2N3/c1-31-9-7-11-33(21-31)35-17-19-48-43(25-35)41-13-3-5-15-46(41)55(48)50-27-38(37-23-39(52)29-40(53)24-37)28-51(45(50)30-54)56-47-16-6-4-14-42(47)44-26-36(18-20-49(44)56)34-12-8-10-32(2)22-34/h3-29H,1-2H3. The first-order chi connectivity index (χ1) is 27.3. The number of halogens is 2. The van der Waals surface area contributed by atoms with Crippen LogP contribution in [-0.2, 0) is 0 Å². The van der Waals surface area contributed by atoms with Gasteiger partial charge in [-0.1, -0.05) is 108 Å². The van der Waals surface area contributed by atoms with E-state index >= 15 is 0 Å². The molecule has 0 saturated carbocycles. The van der Waals surface area contributed by atoms with Gasteiger partial charge in [-0.05, 0) is 108 Å². The summed E-state index contributed by atoms with van der Waals surface area (Å²) in [6.07, 6.45) is 0. The van der Waals surface area contributed by atoms with Gasteiger partial charge in [0.15, 0.2) is 0 Å². The van der Waals surface area contributed by atoms with Crippen LogP contribution in [0.2, 0.25) is 0 Å². The van der Waals surface area contributed by atoms with E-state index in [0.29, 0.717) is 28.1 Å². The van der Waals surface area contributed by atoms with Gasteiger partial charge in [0, 0.05) is 27.6 Å². The number of benzene rings is 8. The molecule has 0 aliphatic rings. The molecule has 266 valence electrons. The van der Waals surface area contributed by atoms with Gasteiger partial charge in [0.2, 0.25) is 0 Å². The molecule has 0 aliphatic heterocycles. The number of nitrogens with zero attached hydrogens (tertiary/aromatic N) is 3. The molecule has 2 aromatic heterocycles. The van der Waals surface area contributed by atoms with Crippen molar-refractivity contribution in [2.75, 3.05) is 0 Å². The van der Waals surface area contributed by atoms with E-state index in [-0.39, 0.29) is 0 Å². The van der Waals surface area contributed by atoms with E-state index < -0.39 is 11.6 Å². The van der Waals surface area contributed by atoms with Crippen molar-refractivity contribution in [2.45, 2.75) is 13.8 Å². The Kier molecular flexibility index (Phi) is 7.69. The molecule has 0 unspecified atom stereocenters. The number of rotatable bonds is 5. The van der Waals surface area contributed by atoms with Crippen molar-refractivity contribution in [3.05, 3.63) is 192 Å². The first-order valence-electron chi connectivity index (χ1n) is 18.6. The van der Waals surface area contributed by atoms with Crippen LogP contribution in [0.25, 0.3) is 88.4 Å². The Morgan fingerprint density at radius 2 is 0.821 bits per heavy atom. The van der Waals surface area contributed by atoms with Crippen molar-refractivity contribution < 1.29 is 8.78 Å². The van der Waals surface area contributed by atoms with Gasteiger partial charge in [0.05, 0.1) is 33.4 Å². The molecular weight excluding hydrogens is 693 g/mol. The van der Waals surface area contributed by atoms with E-state index in [4.69, 9.17) is 0 Å². The minimum absolute atomic E-state index is 0.375. The molecule has 0 spiro atoms. The maximum atomic E-state index is 14.9. The quantitative estimate of drug-likeness (QED) is 0.174. The van der Waals surface area contributed by atoms with Crippen molar-refractivity contribution in [1.29, 1.82) is 5.26 Å². The van der Waals surface area contributed by atoms with E-state index in [1.807, 2.05) is 36.4 Å². The van der Waals surface area contributed by atoms with Crippen LogP contribution in [0.5, 0.6) is 0 Å². The number of aromatic nitrogens is 2. The summed E-state index contributed by atoms with van der Waals surface area (Å²) < 4.78 is 34.1. The molecule has 10 rings (SSSR count). The largest absolute Gasteiger partial charge is 0.308 e. The number of aryl methyl sites for hydroxylation is 2. The number of hydrogen-bond acceptors (Lipinski definition) is 1. The molecule has 0 aliphatic carbocycles. The maximum absolute atomic E-state index is 14.9. The van der Waals surface area contributed by atoms with E-state index in [9.17, 15) is 14.0 Å². The van der Waals surface area contributed by atoms with Gasteiger partial charge >= 0.3 is 0 Å². The first-order valence-corrected chi connectivity index (χ1v) is 18.6. The Morgan fingerprint density at radius 1 is 0.393 bits per heavy atom. The van der Waals surface area contributed by atoms with E-state index in [1.54, 1.807) is 0 Å². The summed E-state index contributed by atoms with van der Waals surface area (Å²) in [5, 5.41) is 15.4. The fourth-order valence-electron chi connectivity index (χ4n) is 8.44. The Morgan fingerprint density at radius 3 is 1.29 bits per heavy atom. The third-order valence-electron chi connectivity index (χ3n) is 10.9. The Hall–Kier alpha value is -7.29. The highest BCUT2D eigenvalue weighted by Crippen LogP contribution is 2.42. The summed E-state index contributed by atoms with van der Waals surface area (Å²) in [5.74, 6) is -1.35. The van der Waals surface area contributed by atoms with Gasteiger partial charge in [0.1, 0.15) is 23.3 Å². The number of hydrogen-bond donors (Lipinski definition) is 0. The summed E-state index contributed by atoms with van der Waals surface area (Å²) >= 11 is 0. The lowest BCUT2D eigenvalue weighted by Gasteiger charge is -2.18. The predicted octanol–water partition coefficient (Wildman–Crippen LogP) is 13.6. The fourth-order valence-corrected chi connectivity index (χ4v) is 8.44. The van der Waals surface area contributed by atoms with Crippen molar-refractivity contribution in [1.82, 2.24) is 9.13 Å². The molecule has 0 radical (unpaired) electrons. The molecule has 3 nitrogen and oxygen atoms in total. The minimum Gasteiger partial charge on any atom is -0.308 e. The third-order valence-corrected chi connectivity index (χ3v) is 10.9. The highest BCUT2D eigenvalue weighted by Gasteiger charge is 2.23. The Balaban J connectivity index is 1.30. The minimum atomic E-state index is -0.673. The van der Waals surface area contributed by atoms with Gasteiger partial charge in [0.25, 0.3) is 0 Å². The number of para-hydroxylation sites is 2. The van der Waals surface area contributed by atoms with Crippen molar-refractivity contribution >= 4 is 43.6 Å². The third kappa shape index (κ3) is 5.38. The van der Waals surface area contributed by atoms with Gasteiger partial charge in [-0.25, -0.2) is 8.78 Å². The smallest absolute Gasteiger partial charge is 0.126 e. The molecule has 2 heterocycles. The second-order valence-corrected chi connectivity index (χ2v) is 14.6. The van der Waals surface area contributed by atoms with Crippen molar-refractivity contribution in [3.63, 3.8) is 0 Å². The summed E-state index contributed by atoms with van der Waals surface area (Å²) in [7, 11) is 0. The second kappa shape index (κ2) is 12.9. The zero-order valence-corrected chi connectivity index (χ0v) is 30.7. The van der Waals surface area contributed by atoms with Gasteiger partial charge in [-0.15, -0.1) is 0 Å². The van der Waals surface area contributed by atoms with Crippen LogP contribution < -0.4 is 0 Å². The van der Waals surface area contributed by atoms with E-state index in [1.165, 1.54) is 23.3 Å². The van der Waals surface area contributed by atoms with Crippen molar-refractivity contribution in [3.8, 4) is 50.8 Å². The average Bonchev–Trinajstić information content (AvgIpc) is 3.72. The Bertz CT molecular complexity index is 3060. The molecule has 0 bridgehead atoms. The lowest BCUT2D eigenvalue weighted by Crippen LogP contribution is -2.05. The lowest BCUT2D eigenvalue weighted by molar-refractivity contribution is 0.584. The monoisotopic (exact) mass is 725 g/mol. The van der Waals surface area contributed by atoms with Gasteiger partial charge in [-0.3, -0.25) is 0 Å². The second-order valence-electron chi connectivity index (χ2n) is 14.6. The maximum Gasteiger partial charge on any atom is 0.126 e. The predicted molar refractivity (Wildman–Crippen MR) is 226 cm³/mol. The van der Waals surface area contributed by atoms with Crippen LogP contribution in [0.15, 0.2) is 164 Å². The normalized spacial score (nSPS) is 11.6. The zero-order valence-electron chi connectivity index (χ0n) is 30.7. The lowest BCUT2D eigenvalue weighted by atomic mass is 9.99. The fraction of sp³-hybridized carbons (Fsp3) is 0.0392. The number of fused-ring (bicyclic) bond motifs is 6. The Labute approximate surface area is 322 Å². The highest BCUT2D eigenvalue weighted by molar-refractivity contribution is 6.12.